The van der Waals surface area contributed by atoms with Gasteiger partial charge in [-0.1, -0.05) is 6.58 Å². The van der Waals surface area contributed by atoms with Crippen LogP contribution in [0.2, 0.25) is 0 Å². The molecule has 0 aromatic rings. The molecule has 0 bridgehead atoms. The van der Waals surface area contributed by atoms with Crippen LogP contribution in [0.5, 0.6) is 0 Å². The third-order valence-corrected chi connectivity index (χ3v) is 0.711. The maximum atomic E-state index is 8.70. The van der Waals surface area contributed by atoms with Gasteiger partial charge in [0.15, 0.2) is 0 Å². The largest absolute Gasteiger partial charge is 0.508 e. The van der Waals surface area contributed by atoms with E-state index in [-0.39, 0.29) is 5.76 Å². The van der Waals surface area contributed by atoms with Gasteiger partial charge in [0.1, 0.15) is 5.76 Å². The molecule has 0 unspecified atom stereocenters. The second-order valence-corrected chi connectivity index (χ2v) is 1.45. The maximum Gasteiger partial charge on any atom is 0.113 e. The molecule has 0 atom stereocenters. The van der Waals surface area contributed by atoms with E-state index in [1.165, 1.54) is 0 Å². The molecule has 0 fully saturated rings. The lowest BCUT2D eigenvalue weighted by Crippen LogP contribution is -1.76. The molecule has 0 aromatic carbocycles. The minimum Gasteiger partial charge on any atom is -0.508 e. The topological polar surface area (TPSA) is 20.2 Å². The van der Waals surface area contributed by atoms with Gasteiger partial charge in [0.05, 0.1) is 0 Å². The lowest BCUT2D eigenvalue weighted by Gasteiger charge is -1.91. The van der Waals surface area contributed by atoms with E-state index in [1.54, 1.807) is 19.9 Å². The van der Waals surface area contributed by atoms with Crippen molar-refractivity contribution >= 4 is 0 Å². The van der Waals surface area contributed by atoms with Gasteiger partial charge in [0.25, 0.3) is 0 Å². The average Bonchev–Trinajstić information content (AvgIpc) is 1.65. The fraction of sp³-hybridized carbons (Fsp3) is 0.333. The van der Waals surface area contributed by atoms with Crippen molar-refractivity contribution in [1.29, 1.82) is 0 Å². The molecule has 0 spiro atoms. The molecule has 0 aliphatic heterocycles. The minimum absolute atomic E-state index is 0.278. The van der Waals surface area contributed by atoms with Crippen molar-refractivity contribution < 1.29 is 5.11 Å². The Bertz CT molecular complexity index is 101. The number of aliphatic hydroxyl groups is 1. The molecule has 0 saturated heterocycles. The maximum absolute atomic E-state index is 8.70. The summed E-state index contributed by atoms with van der Waals surface area (Å²) in [6, 6.07) is 0. The van der Waals surface area contributed by atoms with Crippen molar-refractivity contribution in [3.8, 4) is 0 Å². The predicted octanol–water partition coefficient (Wildman–Crippen LogP) is 2.02. The Kier molecular flexibility index (Phi) is 2.20. The predicted molar refractivity (Wildman–Crippen MR) is 31.2 cm³/mol. The molecule has 1 nitrogen and oxygen atoms in total. The van der Waals surface area contributed by atoms with Gasteiger partial charge < -0.3 is 5.11 Å². The first-order chi connectivity index (χ1) is 3.18. The monoisotopic (exact) mass is 98.1 g/mol. The zero-order valence-electron chi connectivity index (χ0n) is 4.73. The third-order valence-electron chi connectivity index (χ3n) is 0.711. The normalized spacial score (nSPS) is 11.4. The Morgan fingerprint density at radius 2 is 2.14 bits per heavy atom. The van der Waals surface area contributed by atoms with Crippen molar-refractivity contribution in [3.63, 3.8) is 0 Å². The summed E-state index contributed by atoms with van der Waals surface area (Å²) in [5.41, 5.74) is 0.711. The third kappa shape index (κ3) is 2.04. The second-order valence-electron chi connectivity index (χ2n) is 1.45. The Hall–Kier alpha value is -0.720. The van der Waals surface area contributed by atoms with E-state index in [0.717, 1.165) is 0 Å². The molecule has 0 aliphatic rings. The quantitative estimate of drug-likeness (QED) is 0.393. The molecule has 1 N–H and O–H groups in total. The van der Waals surface area contributed by atoms with E-state index in [2.05, 4.69) is 6.58 Å². The molecule has 0 aromatic heterocycles. The highest BCUT2D eigenvalue weighted by Crippen LogP contribution is 1.98. The van der Waals surface area contributed by atoms with Gasteiger partial charge in [-0.15, -0.1) is 0 Å². The summed E-state index contributed by atoms with van der Waals surface area (Å²) < 4.78 is 0. The molecule has 40 valence electrons. The van der Waals surface area contributed by atoms with E-state index >= 15 is 0 Å². The van der Waals surface area contributed by atoms with E-state index < -0.39 is 0 Å². The summed E-state index contributed by atoms with van der Waals surface area (Å²) in [6.45, 7) is 7.03. The zero-order chi connectivity index (χ0) is 5.86. The number of hydrogen-bond donors (Lipinski definition) is 1. The Labute approximate surface area is 44.0 Å². The fourth-order valence-corrected chi connectivity index (χ4v) is 0.246. The van der Waals surface area contributed by atoms with Gasteiger partial charge in [0.2, 0.25) is 0 Å². The Morgan fingerprint density at radius 3 is 2.14 bits per heavy atom. The highest BCUT2D eigenvalue weighted by atomic mass is 16.3. The standard InChI is InChI=1S/C6H10O/c1-4-6(7)5(2)3/h4,7H,2H2,1,3H3/b6-4+. The molecule has 1 heteroatoms. The van der Waals surface area contributed by atoms with Gasteiger partial charge in [-0.2, -0.15) is 0 Å². The lowest BCUT2D eigenvalue weighted by atomic mass is 10.3. The zero-order valence-corrected chi connectivity index (χ0v) is 4.73. The molecule has 0 saturated carbocycles. The van der Waals surface area contributed by atoms with Crippen LogP contribution < -0.4 is 0 Å². The molecule has 0 radical (unpaired) electrons. The Morgan fingerprint density at radius 1 is 1.71 bits per heavy atom. The van der Waals surface area contributed by atoms with E-state index in [0.29, 0.717) is 5.57 Å². The molecule has 0 rings (SSSR count). The molecular formula is C6H10O. The van der Waals surface area contributed by atoms with Gasteiger partial charge in [0, 0.05) is 0 Å². The minimum atomic E-state index is 0.278. The van der Waals surface area contributed by atoms with Gasteiger partial charge >= 0.3 is 0 Å². The summed E-state index contributed by atoms with van der Waals surface area (Å²) in [6.07, 6.45) is 1.61. The van der Waals surface area contributed by atoms with Gasteiger partial charge in [-0.3, -0.25) is 0 Å². The van der Waals surface area contributed by atoms with Crippen LogP contribution in [0.4, 0.5) is 0 Å². The van der Waals surface area contributed by atoms with Crippen molar-refractivity contribution in [2.24, 2.45) is 0 Å². The average molecular weight is 98.1 g/mol. The number of allylic oxidation sites excluding steroid dienone is 2. The molecule has 0 aliphatic carbocycles. The highest BCUT2D eigenvalue weighted by molar-refractivity contribution is 5.17. The fourth-order valence-electron chi connectivity index (χ4n) is 0.246. The highest BCUT2D eigenvalue weighted by Gasteiger charge is 1.85. The van der Waals surface area contributed by atoms with Gasteiger partial charge in [-0.05, 0) is 25.5 Å². The van der Waals surface area contributed by atoms with Crippen molar-refractivity contribution in [1.82, 2.24) is 0 Å². The first-order valence-electron chi connectivity index (χ1n) is 2.19. The van der Waals surface area contributed by atoms with E-state index in [4.69, 9.17) is 5.11 Å². The van der Waals surface area contributed by atoms with Crippen LogP contribution in [0, 0.1) is 0 Å². The smallest absolute Gasteiger partial charge is 0.113 e. The first kappa shape index (κ1) is 6.28. The van der Waals surface area contributed by atoms with Crippen molar-refractivity contribution in [3.05, 3.63) is 24.0 Å². The van der Waals surface area contributed by atoms with E-state index in [9.17, 15) is 0 Å². The summed E-state index contributed by atoms with van der Waals surface area (Å²) in [5.74, 6) is 0.278. The molecule has 0 amide bonds. The number of aliphatic hydroxyl groups excluding tert-OH is 1. The summed E-state index contributed by atoms with van der Waals surface area (Å²) in [7, 11) is 0. The van der Waals surface area contributed by atoms with Crippen LogP contribution in [-0.2, 0) is 0 Å². The van der Waals surface area contributed by atoms with E-state index in [1.807, 2.05) is 0 Å². The van der Waals surface area contributed by atoms with Crippen LogP contribution in [0.1, 0.15) is 13.8 Å². The summed E-state index contributed by atoms with van der Waals surface area (Å²) >= 11 is 0. The molecule has 0 heterocycles. The molecule has 7 heavy (non-hydrogen) atoms. The Balaban J connectivity index is 3.82. The second kappa shape index (κ2) is 2.45. The molecular weight excluding hydrogens is 88.1 g/mol. The van der Waals surface area contributed by atoms with Crippen LogP contribution in [0.3, 0.4) is 0 Å². The number of hydrogen-bond acceptors (Lipinski definition) is 1. The van der Waals surface area contributed by atoms with Crippen LogP contribution in [-0.4, -0.2) is 5.11 Å². The van der Waals surface area contributed by atoms with Crippen molar-refractivity contribution in [2.75, 3.05) is 0 Å². The summed E-state index contributed by atoms with van der Waals surface area (Å²) in [4.78, 5) is 0. The van der Waals surface area contributed by atoms with Crippen molar-refractivity contribution in [2.45, 2.75) is 13.8 Å². The lowest BCUT2D eigenvalue weighted by molar-refractivity contribution is 0.423. The van der Waals surface area contributed by atoms with Gasteiger partial charge in [-0.25, -0.2) is 0 Å². The first-order valence-corrected chi connectivity index (χ1v) is 2.19. The SMILES string of the molecule is C=C(C)/C(O)=C\C. The summed E-state index contributed by atoms with van der Waals surface area (Å²) in [5, 5.41) is 8.70. The van der Waals surface area contributed by atoms with Crippen LogP contribution in [0.15, 0.2) is 24.0 Å². The van der Waals surface area contributed by atoms with Crippen LogP contribution in [0.25, 0.3) is 0 Å². The number of rotatable bonds is 1. The van der Waals surface area contributed by atoms with Crippen LogP contribution >= 0.6 is 0 Å².